The first-order chi connectivity index (χ1) is 36.9. The van der Waals surface area contributed by atoms with Crippen molar-refractivity contribution in [3.63, 3.8) is 0 Å². The molecule has 75 heavy (non-hydrogen) atoms. The van der Waals surface area contributed by atoms with Crippen LogP contribution in [0.15, 0.2) is 183 Å². The standard InChI is InChI=1S/C65H64N8O2/c66-62-58-56(48-19-7-2-8-20-48)60(50-21-9-3-10-22-50)71(64(58)68-42-70(62)38-36-44-28-34-53(74)35-29-44)39-37-45-18-15-25-52(40-45)47-30-32-49(33-31-47)57-59-63(67)73(54-26-13-14-27-55(54)75)43-69-65(59)72(41-46-16-5-1-6-17-46)61(57)51-23-11-4-12-24-51/h1-12,15-25,30-33,40,42-44,53-55,66-67,74-75H,13-14,26-29,34-39,41H2/t44?,53?,54-,55-/m1/s1. The molecule has 6 aromatic carbocycles. The normalized spacial score (nSPS) is 17.9. The van der Waals surface area contributed by atoms with E-state index in [-0.39, 0.29) is 12.1 Å². The molecular weight excluding hydrogens is 925 g/mol. The molecule has 0 aliphatic heterocycles. The molecule has 0 radical (unpaired) electrons. The number of aliphatic hydroxyl groups excluding tert-OH is 2. The fraction of sp³-hybridized carbons (Fsp3) is 0.262. The van der Waals surface area contributed by atoms with Gasteiger partial charge in [-0.2, -0.15) is 0 Å². The molecule has 376 valence electrons. The smallest absolute Gasteiger partial charge is 0.146 e. The fourth-order valence-corrected chi connectivity index (χ4v) is 12.2. The predicted octanol–water partition coefficient (Wildman–Crippen LogP) is 13.0. The maximum Gasteiger partial charge on any atom is 0.146 e. The van der Waals surface area contributed by atoms with E-state index in [4.69, 9.17) is 9.97 Å². The Morgan fingerprint density at radius 2 is 1.01 bits per heavy atom. The maximum atomic E-state index is 11.3. The number of nitrogens with one attached hydrogen (secondary N) is 2. The fourth-order valence-electron chi connectivity index (χ4n) is 12.2. The number of fused-ring (bicyclic) bond motifs is 2. The molecule has 0 amide bonds. The first kappa shape index (κ1) is 48.0. The summed E-state index contributed by atoms with van der Waals surface area (Å²) in [5.74, 6) is 0.540. The molecule has 4 heterocycles. The monoisotopic (exact) mass is 989 g/mol. The highest BCUT2D eigenvalue weighted by Crippen LogP contribution is 2.42. The molecule has 12 rings (SSSR count). The van der Waals surface area contributed by atoms with Crippen LogP contribution in [0.25, 0.3) is 78.0 Å². The van der Waals surface area contributed by atoms with E-state index in [9.17, 15) is 21.0 Å². The summed E-state index contributed by atoms with van der Waals surface area (Å²) < 4.78 is 8.56. The Labute approximate surface area is 437 Å². The van der Waals surface area contributed by atoms with Crippen molar-refractivity contribution in [2.45, 2.75) is 102 Å². The van der Waals surface area contributed by atoms with Crippen molar-refractivity contribution < 1.29 is 10.2 Å². The minimum atomic E-state index is -0.523. The Bertz CT molecular complexity index is 3720. The van der Waals surface area contributed by atoms with Crippen LogP contribution in [0.1, 0.15) is 75.0 Å². The van der Waals surface area contributed by atoms with Crippen LogP contribution < -0.4 is 11.0 Å². The van der Waals surface area contributed by atoms with Crippen molar-refractivity contribution in [2.75, 3.05) is 0 Å². The quantitative estimate of drug-likeness (QED) is 0.0863. The van der Waals surface area contributed by atoms with Crippen LogP contribution in [0.4, 0.5) is 0 Å². The van der Waals surface area contributed by atoms with E-state index in [1.807, 2.05) is 33.7 Å². The molecule has 2 aliphatic rings. The lowest BCUT2D eigenvalue weighted by Gasteiger charge is -2.29. The SMILES string of the molecule is N=c1c2c(-c3ccccc3)c(-c3ccccc3)n(CCc3cccc(-c4ccc(-c5c(-c6ccccc6)n(Cc6ccccc6)c6ncn([C@@H]7CCCC[C@H]7O)c(=N)c56)cc4)c3)c2ncn1CCC1CCC(O)CC1. The zero-order chi connectivity index (χ0) is 50.8. The first-order valence-corrected chi connectivity index (χ1v) is 27.0. The van der Waals surface area contributed by atoms with Gasteiger partial charge < -0.3 is 28.5 Å². The van der Waals surface area contributed by atoms with Gasteiger partial charge in [0.05, 0.1) is 53.1 Å². The van der Waals surface area contributed by atoms with Crippen molar-refractivity contribution in [2.24, 2.45) is 5.92 Å². The highest BCUT2D eigenvalue weighted by atomic mass is 16.3. The molecule has 0 bridgehead atoms. The molecule has 4 N–H and O–H groups in total. The van der Waals surface area contributed by atoms with Crippen molar-refractivity contribution in [3.8, 4) is 55.9 Å². The third kappa shape index (κ3) is 9.49. The van der Waals surface area contributed by atoms with Gasteiger partial charge in [0.15, 0.2) is 0 Å². The molecule has 2 aliphatic carbocycles. The average molecular weight is 989 g/mol. The number of hydrogen-bond donors (Lipinski definition) is 4. The Hall–Kier alpha value is -7.92. The average Bonchev–Trinajstić information content (AvgIpc) is 3.99. The third-order valence-electron chi connectivity index (χ3n) is 16.2. The summed E-state index contributed by atoms with van der Waals surface area (Å²) in [5.41, 5.74) is 15.2. The van der Waals surface area contributed by atoms with Crippen LogP contribution in [0, 0.1) is 16.7 Å². The van der Waals surface area contributed by atoms with Gasteiger partial charge in [0.25, 0.3) is 0 Å². The van der Waals surface area contributed by atoms with Gasteiger partial charge in [-0.05, 0) is 102 Å². The van der Waals surface area contributed by atoms with Crippen LogP contribution >= 0.6 is 0 Å². The number of hydrogen-bond acceptors (Lipinski definition) is 6. The lowest BCUT2D eigenvalue weighted by molar-refractivity contribution is 0.0729. The predicted molar refractivity (Wildman–Crippen MR) is 300 cm³/mol. The molecule has 0 spiro atoms. The summed E-state index contributed by atoms with van der Waals surface area (Å²) in [6.07, 6.45) is 12.0. The summed E-state index contributed by atoms with van der Waals surface area (Å²) >= 11 is 0. The van der Waals surface area contributed by atoms with Gasteiger partial charge in [0.1, 0.15) is 22.3 Å². The van der Waals surface area contributed by atoms with Crippen molar-refractivity contribution in [1.82, 2.24) is 28.2 Å². The molecule has 0 saturated heterocycles. The molecule has 2 atom stereocenters. The van der Waals surface area contributed by atoms with E-state index in [0.29, 0.717) is 30.0 Å². The van der Waals surface area contributed by atoms with Gasteiger partial charge in [0, 0.05) is 30.8 Å². The molecule has 0 unspecified atom stereocenters. The lowest BCUT2D eigenvalue weighted by atomic mass is 9.85. The summed E-state index contributed by atoms with van der Waals surface area (Å²) in [6.45, 7) is 1.96. The lowest BCUT2D eigenvalue weighted by Crippen LogP contribution is -2.35. The van der Waals surface area contributed by atoms with Crippen LogP contribution in [-0.2, 0) is 26.1 Å². The van der Waals surface area contributed by atoms with Gasteiger partial charge in [0.2, 0.25) is 0 Å². The van der Waals surface area contributed by atoms with Crippen LogP contribution in [0.2, 0.25) is 0 Å². The molecule has 10 nitrogen and oxygen atoms in total. The molecule has 4 aromatic heterocycles. The first-order valence-electron chi connectivity index (χ1n) is 27.0. The van der Waals surface area contributed by atoms with Crippen molar-refractivity contribution in [1.29, 1.82) is 10.8 Å². The number of nitrogens with zero attached hydrogens (tertiary/aromatic N) is 6. The third-order valence-corrected chi connectivity index (χ3v) is 16.2. The Kier molecular flexibility index (Phi) is 13.5. The Balaban J connectivity index is 0.913. The Morgan fingerprint density at radius 1 is 0.480 bits per heavy atom. The van der Waals surface area contributed by atoms with Gasteiger partial charge in [-0.25, -0.2) is 9.97 Å². The van der Waals surface area contributed by atoms with Gasteiger partial charge in [-0.1, -0.05) is 183 Å². The second kappa shape index (κ2) is 21.1. The molecule has 10 aromatic rings. The van der Waals surface area contributed by atoms with E-state index in [2.05, 4.69) is 161 Å². The molecule has 2 fully saturated rings. The molecule has 10 heteroatoms. The van der Waals surface area contributed by atoms with Gasteiger partial charge in [-0.15, -0.1) is 0 Å². The highest BCUT2D eigenvalue weighted by Gasteiger charge is 2.30. The number of aliphatic hydroxyl groups is 2. The van der Waals surface area contributed by atoms with Crippen LogP contribution in [0.3, 0.4) is 0 Å². The maximum absolute atomic E-state index is 11.3. The Morgan fingerprint density at radius 3 is 1.68 bits per heavy atom. The van der Waals surface area contributed by atoms with Gasteiger partial charge in [-0.3, -0.25) is 10.8 Å². The molecule has 2 saturated carbocycles. The number of rotatable bonds is 14. The molecular formula is C65H64N8O2. The van der Waals surface area contributed by atoms with Gasteiger partial charge >= 0.3 is 0 Å². The van der Waals surface area contributed by atoms with E-state index in [1.54, 1.807) is 6.33 Å². The van der Waals surface area contributed by atoms with Crippen molar-refractivity contribution in [3.05, 3.63) is 205 Å². The van der Waals surface area contributed by atoms with Crippen LogP contribution in [-0.4, -0.2) is 50.7 Å². The highest BCUT2D eigenvalue weighted by molar-refractivity contribution is 6.04. The van der Waals surface area contributed by atoms with Crippen LogP contribution in [0.5, 0.6) is 0 Å². The van der Waals surface area contributed by atoms with E-state index in [1.165, 1.54) is 5.56 Å². The second-order valence-electron chi connectivity index (χ2n) is 20.9. The minimum Gasteiger partial charge on any atom is -0.393 e. The van der Waals surface area contributed by atoms with E-state index in [0.717, 1.165) is 154 Å². The zero-order valence-corrected chi connectivity index (χ0v) is 42.4. The number of aromatic nitrogens is 6. The zero-order valence-electron chi connectivity index (χ0n) is 42.4. The topological polar surface area (TPSA) is 134 Å². The second-order valence-corrected chi connectivity index (χ2v) is 20.9. The number of aryl methyl sites for hydroxylation is 3. The summed E-state index contributed by atoms with van der Waals surface area (Å²) in [5, 5.41) is 42.8. The number of benzene rings is 6. The van der Waals surface area contributed by atoms with E-state index >= 15 is 0 Å². The largest absolute Gasteiger partial charge is 0.393 e. The minimum absolute atomic E-state index is 0.183. The summed E-state index contributed by atoms with van der Waals surface area (Å²) in [7, 11) is 0. The van der Waals surface area contributed by atoms with E-state index < -0.39 is 6.10 Å². The van der Waals surface area contributed by atoms with Crippen molar-refractivity contribution >= 4 is 22.1 Å². The summed E-state index contributed by atoms with van der Waals surface area (Å²) in [6, 6.07) is 59.4. The summed E-state index contributed by atoms with van der Waals surface area (Å²) in [4.78, 5) is 10.4.